The Morgan fingerprint density at radius 2 is 2.09 bits per heavy atom. The molecule has 3 N–H and O–H groups in total. The average Bonchev–Trinajstić information content (AvgIpc) is 2.89. The molecule has 2 aromatic carbocycles. The van der Waals surface area contributed by atoms with E-state index in [0.717, 1.165) is 5.56 Å². The van der Waals surface area contributed by atoms with Crippen LogP contribution in [-0.4, -0.2) is 16.0 Å². The van der Waals surface area contributed by atoms with Crippen LogP contribution < -0.4 is 5.32 Å². The number of hydrogen-bond donors (Lipinski definition) is 3. The molecule has 0 aliphatic heterocycles. The van der Waals surface area contributed by atoms with Gasteiger partial charge < -0.3 is 15.4 Å². The van der Waals surface area contributed by atoms with E-state index in [1.807, 2.05) is 0 Å². The largest absolute Gasteiger partial charge is 0.508 e. The fraction of sp³-hybridized carbons (Fsp3) is 0.0625. The first kappa shape index (κ1) is 14.6. The van der Waals surface area contributed by atoms with Gasteiger partial charge in [0.2, 0.25) is 0 Å². The van der Waals surface area contributed by atoms with E-state index in [1.165, 1.54) is 12.1 Å². The number of aromatic hydroxyl groups is 1. The first-order valence-electron chi connectivity index (χ1n) is 6.57. The molecule has 1 aromatic heterocycles. The highest BCUT2D eigenvalue weighted by Crippen LogP contribution is 2.25. The number of halogens is 2. The van der Waals surface area contributed by atoms with Gasteiger partial charge in [-0.2, -0.15) is 0 Å². The Balaban J connectivity index is 1.79. The summed E-state index contributed by atoms with van der Waals surface area (Å²) >= 11 is 3.26. The molecule has 3 aromatic rings. The average molecular weight is 363 g/mol. The second-order valence-electron chi connectivity index (χ2n) is 4.89. The predicted molar refractivity (Wildman–Crippen MR) is 85.2 cm³/mol. The van der Waals surface area contributed by atoms with Crippen LogP contribution in [0.5, 0.6) is 5.75 Å². The Morgan fingerprint density at radius 3 is 2.86 bits per heavy atom. The number of benzene rings is 2. The van der Waals surface area contributed by atoms with E-state index in [1.54, 1.807) is 30.3 Å². The maximum Gasteiger partial charge on any atom is 0.267 e. The molecule has 112 valence electrons. The van der Waals surface area contributed by atoms with Gasteiger partial charge in [0.1, 0.15) is 17.3 Å². The third kappa shape index (κ3) is 2.96. The summed E-state index contributed by atoms with van der Waals surface area (Å²) in [5, 5.41) is 12.8. The number of phenolic OH excluding ortho intramolecular Hbond substituents is 1. The summed E-state index contributed by atoms with van der Waals surface area (Å²) in [4.78, 5) is 15.1. The van der Waals surface area contributed by atoms with E-state index in [0.29, 0.717) is 21.1 Å². The smallest absolute Gasteiger partial charge is 0.267 e. The van der Waals surface area contributed by atoms with Crippen molar-refractivity contribution < 1.29 is 14.3 Å². The van der Waals surface area contributed by atoms with Crippen molar-refractivity contribution in [2.75, 3.05) is 0 Å². The Hall–Kier alpha value is -2.34. The van der Waals surface area contributed by atoms with Crippen LogP contribution in [0, 0.1) is 5.82 Å². The highest BCUT2D eigenvalue weighted by Gasteiger charge is 2.12. The second-order valence-corrected chi connectivity index (χ2v) is 5.74. The van der Waals surface area contributed by atoms with Crippen LogP contribution in [0.2, 0.25) is 0 Å². The molecule has 0 aliphatic carbocycles. The van der Waals surface area contributed by atoms with Crippen molar-refractivity contribution in [2.24, 2.45) is 0 Å². The predicted octanol–water partition coefficient (Wildman–Crippen LogP) is 3.71. The minimum Gasteiger partial charge on any atom is -0.508 e. The summed E-state index contributed by atoms with van der Waals surface area (Å²) in [6.07, 6.45) is 0. The first-order chi connectivity index (χ1) is 10.5. The van der Waals surface area contributed by atoms with Gasteiger partial charge in [-0.1, -0.05) is 12.1 Å². The molecular formula is C16H12BrFN2O2. The number of nitrogens with one attached hydrogen (secondary N) is 2. The van der Waals surface area contributed by atoms with Crippen molar-refractivity contribution >= 4 is 32.7 Å². The summed E-state index contributed by atoms with van der Waals surface area (Å²) in [6.45, 7) is 0.290. The standard InChI is InChI=1S/C16H12BrFN2O2/c17-13-7-11(18)5-10-6-14(20-15(10)13)16(22)19-8-9-2-1-3-12(21)4-9/h1-7,20-21H,8H2,(H,19,22). The first-order valence-corrected chi connectivity index (χ1v) is 7.36. The summed E-state index contributed by atoms with van der Waals surface area (Å²) in [6, 6.07) is 11.0. The molecule has 0 bridgehead atoms. The Labute approximate surface area is 134 Å². The van der Waals surface area contributed by atoms with E-state index >= 15 is 0 Å². The Bertz CT molecular complexity index is 860. The molecule has 0 aliphatic rings. The number of carbonyl (C=O) groups excluding carboxylic acids is 1. The SMILES string of the molecule is O=C(NCc1cccc(O)c1)c1cc2cc(F)cc(Br)c2[nH]1. The molecular weight excluding hydrogens is 351 g/mol. The van der Waals surface area contributed by atoms with E-state index in [9.17, 15) is 14.3 Å². The van der Waals surface area contributed by atoms with Gasteiger partial charge in [0.25, 0.3) is 5.91 Å². The Morgan fingerprint density at radius 1 is 1.27 bits per heavy atom. The molecule has 1 amide bonds. The van der Waals surface area contributed by atoms with Gasteiger partial charge in [0.15, 0.2) is 0 Å². The third-order valence-corrected chi connectivity index (χ3v) is 3.88. The van der Waals surface area contributed by atoms with Gasteiger partial charge >= 0.3 is 0 Å². The molecule has 0 saturated carbocycles. The van der Waals surface area contributed by atoms with Gasteiger partial charge in [-0.25, -0.2) is 4.39 Å². The number of fused-ring (bicyclic) bond motifs is 1. The number of carbonyl (C=O) groups is 1. The van der Waals surface area contributed by atoms with E-state index in [2.05, 4.69) is 26.2 Å². The fourth-order valence-corrected chi connectivity index (χ4v) is 2.78. The van der Waals surface area contributed by atoms with E-state index < -0.39 is 0 Å². The van der Waals surface area contributed by atoms with Crippen LogP contribution in [0.4, 0.5) is 4.39 Å². The number of H-pyrrole nitrogens is 1. The van der Waals surface area contributed by atoms with Crippen molar-refractivity contribution in [2.45, 2.75) is 6.54 Å². The second kappa shape index (κ2) is 5.81. The normalized spacial score (nSPS) is 10.8. The van der Waals surface area contributed by atoms with Gasteiger partial charge in [-0.3, -0.25) is 4.79 Å². The van der Waals surface area contributed by atoms with E-state index in [4.69, 9.17) is 0 Å². The highest BCUT2D eigenvalue weighted by molar-refractivity contribution is 9.10. The maximum atomic E-state index is 13.3. The summed E-state index contributed by atoms with van der Waals surface area (Å²) < 4.78 is 13.9. The van der Waals surface area contributed by atoms with Crippen LogP contribution in [-0.2, 0) is 6.54 Å². The molecule has 4 nitrogen and oxygen atoms in total. The van der Waals surface area contributed by atoms with Crippen molar-refractivity contribution in [3.05, 3.63) is 64.0 Å². The summed E-state index contributed by atoms with van der Waals surface area (Å²) in [5.74, 6) is -0.520. The molecule has 1 heterocycles. The molecule has 6 heteroatoms. The lowest BCUT2D eigenvalue weighted by Gasteiger charge is -2.04. The quantitative estimate of drug-likeness (QED) is 0.664. The van der Waals surface area contributed by atoms with Crippen LogP contribution >= 0.6 is 15.9 Å². The Kier molecular flexibility index (Phi) is 3.85. The zero-order valence-corrected chi connectivity index (χ0v) is 12.9. The zero-order chi connectivity index (χ0) is 15.7. The number of amides is 1. The van der Waals surface area contributed by atoms with Crippen LogP contribution in [0.1, 0.15) is 16.1 Å². The number of phenols is 1. The number of rotatable bonds is 3. The molecule has 0 fully saturated rings. The summed E-state index contributed by atoms with van der Waals surface area (Å²) in [5.41, 5.74) is 1.81. The maximum absolute atomic E-state index is 13.3. The van der Waals surface area contributed by atoms with Gasteiger partial charge in [-0.15, -0.1) is 0 Å². The van der Waals surface area contributed by atoms with Crippen LogP contribution in [0.25, 0.3) is 10.9 Å². The van der Waals surface area contributed by atoms with Gasteiger partial charge in [-0.05, 0) is 51.8 Å². The highest BCUT2D eigenvalue weighted by atomic mass is 79.9. The molecule has 3 rings (SSSR count). The number of aromatic amines is 1. The van der Waals surface area contributed by atoms with Crippen molar-refractivity contribution in [1.82, 2.24) is 10.3 Å². The molecule has 0 radical (unpaired) electrons. The number of aromatic nitrogens is 1. The molecule has 0 atom stereocenters. The topological polar surface area (TPSA) is 65.1 Å². The van der Waals surface area contributed by atoms with Gasteiger partial charge in [0.05, 0.1) is 5.52 Å². The number of hydrogen-bond acceptors (Lipinski definition) is 2. The van der Waals surface area contributed by atoms with Crippen molar-refractivity contribution in [3.8, 4) is 5.75 Å². The molecule has 0 saturated heterocycles. The third-order valence-electron chi connectivity index (χ3n) is 3.25. The van der Waals surface area contributed by atoms with Crippen molar-refractivity contribution in [1.29, 1.82) is 0 Å². The lowest BCUT2D eigenvalue weighted by Crippen LogP contribution is -2.22. The lowest BCUT2D eigenvalue weighted by atomic mass is 10.2. The minimum absolute atomic E-state index is 0.150. The monoisotopic (exact) mass is 362 g/mol. The fourth-order valence-electron chi connectivity index (χ4n) is 2.23. The minimum atomic E-state index is -0.370. The lowest BCUT2D eigenvalue weighted by molar-refractivity contribution is 0.0946. The summed E-state index contributed by atoms with van der Waals surface area (Å²) in [7, 11) is 0. The molecule has 0 spiro atoms. The van der Waals surface area contributed by atoms with Gasteiger partial charge in [0, 0.05) is 16.4 Å². The molecule has 0 unspecified atom stereocenters. The zero-order valence-electron chi connectivity index (χ0n) is 11.4. The van der Waals surface area contributed by atoms with Crippen LogP contribution in [0.15, 0.2) is 46.9 Å². The van der Waals surface area contributed by atoms with Crippen molar-refractivity contribution in [3.63, 3.8) is 0 Å². The van der Waals surface area contributed by atoms with Crippen LogP contribution in [0.3, 0.4) is 0 Å². The van der Waals surface area contributed by atoms with E-state index in [-0.39, 0.29) is 24.0 Å². The molecule has 22 heavy (non-hydrogen) atoms.